The molecule has 132 valence electrons. The van der Waals surface area contributed by atoms with Gasteiger partial charge in [0.1, 0.15) is 25.2 Å². The van der Waals surface area contributed by atoms with Crippen molar-refractivity contribution in [3.8, 4) is 0 Å². The lowest BCUT2D eigenvalue weighted by Gasteiger charge is -2.22. The third-order valence-corrected chi connectivity index (χ3v) is 3.68. The molecular formula is C13H27BF4N2O2. The van der Waals surface area contributed by atoms with E-state index < -0.39 is 7.25 Å². The van der Waals surface area contributed by atoms with Crippen molar-refractivity contribution in [3.63, 3.8) is 0 Å². The smallest absolute Gasteiger partial charge is 0.418 e. The summed E-state index contributed by atoms with van der Waals surface area (Å²) in [4.78, 5) is 2.20. The molecule has 4 nitrogen and oxygen atoms in total. The highest BCUT2D eigenvalue weighted by Crippen LogP contribution is 2.14. The van der Waals surface area contributed by atoms with Crippen LogP contribution < -0.4 is 0 Å². The lowest BCUT2D eigenvalue weighted by Crippen LogP contribution is -2.40. The average Bonchev–Trinajstić information content (AvgIpc) is 2.77. The minimum absolute atomic E-state index is 0.187. The minimum atomic E-state index is -6.00. The monoisotopic (exact) mass is 330 g/mol. The van der Waals surface area contributed by atoms with Crippen molar-refractivity contribution in [3.05, 3.63) is 0 Å². The highest BCUT2D eigenvalue weighted by atomic mass is 19.5. The molecule has 0 saturated carbocycles. The molecule has 2 atom stereocenters. The molecule has 0 bridgehead atoms. The van der Waals surface area contributed by atoms with Gasteiger partial charge in [0, 0.05) is 0 Å². The Morgan fingerprint density at radius 2 is 1.55 bits per heavy atom. The Labute approximate surface area is 129 Å². The van der Waals surface area contributed by atoms with Gasteiger partial charge in [0.15, 0.2) is 0 Å². The molecule has 0 amide bonds. The van der Waals surface area contributed by atoms with E-state index in [0.717, 1.165) is 13.1 Å². The fourth-order valence-electron chi connectivity index (χ4n) is 2.44. The van der Waals surface area contributed by atoms with E-state index in [4.69, 9.17) is 0 Å². The van der Waals surface area contributed by atoms with Crippen molar-refractivity contribution in [1.29, 1.82) is 0 Å². The van der Waals surface area contributed by atoms with Crippen LogP contribution in [0.2, 0.25) is 0 Å². The van der Waals surface area contributed by atoms with Gasteiger partial charge >= 0.3 is 7.25 Å². The molecule has 1 aliphatic rings. The summed E-state index contributed by atoms with van der Waals surface area (Å²) in [5, 5.41) is 18.8. The van der Waals surface area contributed by atoms with Gasteiger partial charge in [0.25, 0.3) is 0 Å². The molecule has 0 unspecified atom stereocenters. The van der Waals surface area contributed by atoms with E-state index >= 15 is 0 Å². The number of aliphatic hydroxyl groups is 2. The van der Waals surface area contributed by atoms with Crippen molar-refractivity contribution < 1.29 is 32.1 Å². The maximum atomic E-state index is 9.75. The Morgan fingerprint density at radius 3 is 1.86 bits per heavy atom. The molecule has 0 aromatic rings. The zero-order valence-corrected chi connectivity index (χ0v) is 13.6. The van der Waals surface area contributed by atoms with Gasteiger partial charge in [-0.1, -0.05) is 27.7 Å². The molecule has 0 radical (unpaired) electrons. The Kier molecular flexibility index (Phi) is 8.99. The summed E-state index contributed by atoms with van der Waals surface area (Å²) in [6.45, 7) is 10.8. The first-order chi connectivity index (χ1) is 10.0. The molecular weight excluding hydrogens is 303 g/mol. The van der Waals surface area contributed by atoms with Gasteiger partial charge < -0.3 is 27.5 Å². The average molecular weight is 330 g/mol. The van der Waals surface area contributed by atoms with E-state index in [0.29, 0.717) is 11.8 Å². The van der Waals surface area contributed by atoms with Crippen LogP contribution in [0.3, 0.4) is 0 Å². The van der Waals surface area contributed by atoms with Gasteiger partial charge in [-0.2, -0.15) is 0 Å². The van der Waals surface area contributed by atoms with Crippen LogP contribution in [0.25, 0.3) is 0 Å². The predicted molar refractivity (Wildman–Crippen MR) is 79.5 cm³/mol. The molecule has 0 aromatic carbocycles. The lowest BCUT2D eigenvalue weighted by atomic mass is 10.0. The summed E-state index contributed by atoms with van der Waals surface area (Å²) in [6, 6.07) is 0.373. The zero-order chi connectivity index (χ0) is 17.5. The first-order valence-corrected chi connectivity index (χ1v) is 7.46. The van der Waals surface area contributed by atoms with Crippen LogP contribution in [0.1, 0.15) is 27.7 Å². The normalized spacial score (nSPS) is 18.2. The third-order valence-electron chi connectivity index (χ3n) is 3.68. The Balaban J connectivity index is 0.000000763. The molecule has 1 heterocycles. The maximum absolute atomic E-state index is 9.75. The van der Waals surface area contributed by atoms with E-state index in [-0.39, 0.29) is 25.3 Å². The van der Waals surface area contributed by atoms with Gasteiger partial charge in [-0.15, -0.1) is 0 Å². The largest absolute Gasteiger partial charge is 0.673 e. The second-order valence-electron chi connectivity index (χ2n) is 6.07. The number of hydrogen-bond acceptors (Lipinski definition) is 3. The number of hydrogen-bond donors (Lipinski definition) is 2. The first-order valence-electron chi connectivity index (χ1n) is 7.46. The van der Waals surface area contributed by atoms with Crippen LogP contribution in [0.15, 0.2) is 0 Å². The van der Waals surface area contributed by atoms with Crippen LogP contribution >= 0.6 is 0 Å². The van der Waals surface area contributed by atoms with Crippen LogP contribution in [0.5, 0.6) is 0 Å². The van der Waals surface area contributed by atoms with Gasteiger partial charge in [-0.3, -0.25) is 9.48 Å². The minimum Gasteiger partial charge on any atom is -0.418 e. The molecule has 22 heavy (non-hydrogen) atoms. The van der Waals surface area contributed by atoms with Gasteiger partial charge in [-0.25, -0.2) is 0 Å². The summed E-state index contributed by atoms with van der Waals surface area (Å²) >= 11 is 0. The van der Waals surface area contributed by atoms with Crippen molar-refractivity contribution in [2.45, 2.75) is 39.8 Å². The van der Waals surface area contributed by atoms with Gasteiger partial charge in [0.05, 0.1) is 13.2 Å². The number of halogens is 4. The second kappa shape index (κ2) is 9.34. The molecule has 2 N–H and O–H groups in total. The highest BCUT2D eigenvalue weighted by Gasteiger charge is 2.33. The van der Waals surface area contributed by atoms with Crippen LogP contribution in [-0.4, -0.2) is 71.7 Å². The fourth-order valence-corrected chi connectivity index (χ4v) is 2.44. The Morgan fingerprint density at radius 1 is 1.05 bits per heavy atom. The van der Waals surface area contributed by atoms with Crippen molar-refractivity contribution in [2.75, 3.05) is 26.3 Å². The lowest BCUT2D eigenvalue weighted by molar-refractivity contribution is -0.563. The molecule has 0 aromatic heterocycles. The predicted octanol–water partition coefficient (Wildman–Crippen LogP) is 1.68. The topological polar surface area (TPSA) is 46.7 Å². The molecule has 0 spiro atoms. The molecule has 0 saturated heterocycles. The summed E-state index contributed by atoms with van der Waals surface area (Å²) in [5.74, 6) is 0.866. The number of aliphatic hydroxyl groups excluding tert-OH is 2. The summed E-state index contributed by atoms with van der Waals surface area (Å²) in [6.07, 6.45) is 2.09. The van der Waals surface area contributed by atoms with Crippen LogP contribution in [0.4, 0.5) is 17.3 Å². The number of nitrogens with zero attached hydrogens (tertiary/aromatic N) is 2. The van der Waals surface area contributed by atoms with E-state index in [1.54, 1.807) is 0 Å². The maximum Gasteiger partial charge on any atom is 0.673 e. The van der Waals surface area contributed by atoms with Crippen molar-refractivity contribution in [1.82, 2.24) is 4.90 Å². The quantitative estimate of drug-likeness (QED) is 0.443. The molecule has 9 heteroatoms. The van der Waals surface area contributed by atoms with Crippen LogP contribution in [-0.2, 0) is 0 Å². The Bertz CT molecular complexity index is 345. The van der Waals surface area contributed by atoms with Crippen molar-refractivity contribution >= 4 is 13.6 Å². The number of rotatable bonds is 6. The summed E-state index contributed by atoms with van der Waals surface area (Å²) in [7, 11) is -6.00. The second-order valence-corrected chi connectivity index (χ2v) is 6.07. The van der Waals surface area contributed by atoms with Crippen LogP contribution in [0, 0.1) is 11.8 Å². The SMILES string of the molecule is CC(C)[C@@H](CO)N1C=[N+]([C@H](CO)C(C)C)CC1.F[B-](F)(F)F. The van der Waals surface area contributed by atoms with Gasteiger partial charge in [-0.05, 0) is 11.8 Å². The summed E-state index contributed by atoms with van der Waals surface area (Å²) in [5.41, 5.74) is 0. The zero-order valence-electron chi connectivity index (χ0n) is 13.6. The van der Waals surface area contributed by atoms with E-state index in [1.807, 2.05) is 0 Å². The van der Waals surface area contributed by atoms with Crippen molar-refractivity contribution in [2.24, 2.45) is 11.8 Å². The fraction of sp³-hybridized carbons (Fsp3) is 0.923. The standard InChI is InChI=1S/C13H27N2O2.BF4/c1-10(2)12(7-16)14-5-6-15(9-14)13(8-17)11(3)4;2-1(3,4)5/h9-13,16-17H,5-8H2,1-4H3;/q+1;-1/t12-,13-;/m1./s1. The van der Waals surface area contributed by atoms with Gasteiger partial charge in [0.2, 0.25) is 6.34 Å². The highest BCUT2D eigenvalue weighted by molar-refractivity contribution is 6.50. The Hall–Kier alpha value is -0.825. The summed E-state index contributed by atoms with van der Waals surface area (Å²) < 4.78 is 41.2. The van der Waals surface area contributed by atoms with E-state index in [1.165, 1.54) is 0 Å². The van der Waals surface area contributed by atoms with E-state index in [2.05, 4.69) is 43.5 Å². The molecule has 1 aliphatic heterocycles. The molecule has 0 fully saturated rings. The first kappa shape index (κ1) is 21.2. The third kappa shape index (κ3) is 7.98. The van der Waals surface area contributed by atoms with E-state index in [9.17, 15) is 27.5 Å². The molecule has 0 aliphatic carbocycles. The molecule has 1 rings (SSSR count).